The van der Waals surface area contributed by atoms with Crippen LogP contribution in [-0.2, 0) is 0 Å². The molecule has 1 nitrogen and oxygen atoms in total. The van der Waals surface area contributed by atoms with Crippen LogP contribution >= 0.6 is 0 Å². The first-order valence-electron chi connectivity index (χ1n) is 8.47. The highest BCUT2D eigenvalue weighted by Gasteiger charge is 2.15. The lowest BCUT2D eigenvalue weighted by Gasteiger charge is -2.04. The van der Waals surface area contributed by atoms with Crippen LogP contribution < -0.4 is 0 Å². The molecule has 25 heavy (non-hydrogen) atoms. The topological polar surface area (TPSA) is 13.1 Å². The third-order valence-electron chi connectivity index (χ3n) is 4.69. The first kappa shape index (κ1) is 14.1. The summed E-state index contributed by atoms with van der Waals surface area (Å²) in [6, 6.07) is 33.6. The van der Waals surface area contributed by atoms with E-state index in [0.717, 1.165) is 22.1 Å². The van der Waals surface area contributed by atoms with Crippen LogP contribution in [0.5, 0.6) is 0 Å². The molecule has 0 aliphatic heterocycles. The first-order chi connectivity index (χ1) is 12.4. The summed E-state index contributed by atoms with van der Waals surface area (Å²) in [5.41, 5.74) is 6.61. The molecule has 0 fully saturated rings. The highest BCUT2D eigenvalue weighted by atomic mass is 16.3. The second kappa shape index (κ2) is 5.64. The zero-order valence-corrected chi connectivity index (χ0v) is 13.6. The van der Waals surface area contributed by atoms with E-state index in [-0.39, 0.29) is 0 Å². The second-order valence-electron chi connectivity index (χ2n) is 6.20. The second-order valence-corrected chi connectivity index (χ2v) is 6.20. The summed E-state index contributed by atoms with van der Waals surface area (Å²) in [7, 11) is 0. The van der Waals surface area contributed by atoms with E-state index in [2.05, 4.69) is 84.9 Å². The van der Waals surface area contributed by atoms with Gasteiger partial charge in [0.2, 0.25) is 0 Å². The van der Waals surface area contributed by atoms with Gasteiger partial charge in [0.25, 0.3) is 0 Å². The predicted octanol–water partition coefficient (Wildman–Crippen LogP) is 6.92. The number of para-hydroxylation sites is 1. The third kappa shape index (κ3) is 2.25. The molecule has 0 aliphatic rings. The van der Waals surface area contributed by atoms with E-state index in [0.29, 0.717) is 0 Å². The Hall–Kier alpha value is -3.32. The Morgan fingerprint density at radius 1 is 0.480 bits per heavy atom. The van der Waals surface area contributed by atoms with Crippen molar-refractivity contribution in [2.75, 3.05) is 0 Å². The maximum Gasteiger partial charge on any atom is 0.143 e. The maximum absolute atomic E-state index is 6.30. The van der Waals surface area contributed by atoms with Gasteiger partial charge in [-0.25, -0.2) is 0 Å². The summed E-state index contributed by atoms with van der Waals surface area (Å²) in [4.78, 5) is 0. The van der Waals surface area contributed by atoms with Gasteiger partial charge < -0.3 is 4.42 Å². The molecule has 118 valence electrons. The predicted molar refractivity (Wildman–Crippen MR) is 105 cm³/mol. The van der Waals surface area contributed by atoms with Crippen LogP contribution in [0.1, 0.15) is 0 Å². The lowest BCUT2D eigenvalue weighted by molar-refractivity contribution is 0.670. The summed E-state index contributed by atoms with van der Waals surface area (Å²) >= 11 is 0. The number of furan rings is 1. The van der Waals surface area contributed by atoms with E-state index in [4.69, 9.17) is 4.42 Å². The standard InChI is InChI=1S/C24H16O/c1-3-9-17(10-4-1)19-13-8-16-22-23(19)21-15-7-14-20(24(21)25-22)18-11-5-2-6-12-18/h1-16H. The van der Waals surface area contributed by atoms with Gasteiger partial charge in [0.05, 0.1) is 0 Å². The Labute approximate surface area is 146 Å². The van der Waals surface area contributed by atoms with Crippen molar-refractivity contribution < 1.29 is 4.42 Å². The lowest BCUT2D eigenvalue weighted by atomic mass is 9.97. The van der Waals surface area contributed by atoms with Gasteiger partial charge in [-0.15, -0.1) is 0 Å². The van der Waals surface area contributed by atoms with Gasteiger partial charge >= 0.3 is 0 Å². The number of fused-ring (bicyclic) bond motifs is 3. The molecule has 1 aromatic heterocycles. The molecule has 1 heterocycles. The van der Waals surface area contributed by atoms with Crippen LogP contribution in [0, 0.1) is 0 Å². The van der Waals surface area contributed by atoms with Crippen LogP contribution in [0.25, 0.3) is 44.2 Å². The fourth-order valence-electron chi connectivity index (χ4n) is 3.55. The first-order valence-corrected chi connectivity index (χ1v) is 8.47. The van der Waals surface area contributed by atoms with Crippen LogP contribution in [0.15, 0.2) is 101 Å². The molecule has 5 aromatic rings. The van der Waals surface area contributed by atoms with E-state index >= 15 is 0 Å². The van der Waals surface area contributed by atoms with Crippen molar-refractivity contribution in [2.24, 2.45) is 0 Å². The van der Waals surface area contributed by atoms with Crippen molar-refractivity contribution in [3.8, 4) is 22.3 Å². The van der Waals surface area contributed by atoms with Gasteiger partial charge in [0, 0.05) is 16.3 Å². The fraction of sp³-hybridized carbons (Fsp3) is 0. The molecule has 1 heteroatoms. The number of rotatable bonds is 2. The molecule has 4 aromatic carbocycles. The van der Waals surface area contributed by atoms with Crippen molar-refractivity contribution in [2.45, 2.75) is 0 Å². The third-order valence-corrected chi connectivity index (χ3v) is 4.69. The molecular weight excluding hydrogens is 304 g/mol. The molecule has 0 bridgehead atoms. The van der Waals surface area contributed by atoms with Crippen molar-refractivity contribution in [3.05, 3.63) is 97.1 Å². The SMILES string of the molecule is c1ccc(-c2cccc3c2oc2cccc(-c4ccccc4)c23)cc1. The van der Waals surface area contributed by atoms with Crippen molar-refractivity contribution >= 4 is 21.9 Å². The van der Waals surface area contributed by atoms with E-state index in [9.17, 15) is 0 Å². The Morgan fingerprint density at radius 3 is 1.80 bits per heavy atom. The van der Waals surface area contributed by atoms with Crippen LogP contribution in [0.2, 0.25) is 0 Å². The monoisotopic (exact) mass is 320 g/mol. The minimum atomic E-state index is 0.930. The Morgan fingerprint density at radius 2 is 1.08 bits per heavy atom. The van der Waals surface area contributed by atoms with Crippen molar-refractivity contribution in [3.63, 3.8) is 0 Å². The molecule has 0 aliphatic carbocycles. The smallest absolute Gasteiger partial charge is 0.143 e. The molecule has 0 spiro atoms. The van der Waals surface area contributed by atoms with Crippen LogP contribution in [0.3, 0.4) is 0 Å². The van der Waals surface area contributed by atoms with Gasteiger partial charge in [-0.05, 0) is 22.8 Å². The maximum atomic E-state index is 6.30. The van der Waals surface area contributed by atoms with Gasteiger partial charge in [0.1, 0.15) is 11.2 Å². The molecule has 0 saturated heterocycles. The van der Waals surface area contributed by atoms with Gasteiger partial charge in [-0.2, -0.15) is 0 Å². The van der Waals surface area contributed by atoms with E-state index in [1.807, 2.05) is 12.1 Å². The van der Waals surface area contributed by atoms with Gasteiger partial charge in [-0.1, -0.05) is 91.0 Å². The largest absolute Gasteiger partial charge is 0.455 e. The minimum Gasteiger partial charge on any atom is -0.455 e. The molecule has 0 unspecified atom stereocenters. The Bertz CT molecular complexity index is 1170. The molecule has 0 N–H and O–H groups in total. The average molecular weight is 320 g/mol. The highest BCUT2D eigenvalue weighted by molar-refractivity contribution is 6.15. The highest BCUT2D eigenvalue weighted by Crippen LogP contribution is 2.40. The zero-order chi connectivity index (χ0) is 16.6. The summed E-state index contributed by atoms with van der Waals surface area (Å²) in [5, 5.41) is 2.34. The number of hydrogen-bond donors (Lipinski definition) is 0. The van der Waals surface area contributed by atoms with Gasteiger partial charge in [-0.3, -0.25) is 0 Å². The van der Waals surface area contributed by atoms with Crippen molar-refractivity contribution in [1.82, 2.24) is 0 Å². The van der Waals surface area contributed by atoms with Crippen LogP contribution in [0.4, 0.5) is 0 Å². The van der Waals surface area contributed by atoms with Crippen LogP contribution in [-0.4, -0.2) is 0 Å². The summed E-state index contributed by atoms with van der Waals surface area (Å²) in [6.45, 7) is 0. The lowest BCUT2D eigenvalue weighted by Crippen LogP contribution is -1.80. The quantitative estimate of drug-likeness (QED) is 0.344. The molecular formula is C24H16O. The number of benzene rings is 4. The van der Waals surface area contributed by atoms with Crippen molar-refractivity contribution in [1.29, 1.82) is 0 Å². The number of hydrogen-bond acceptors (Lipinski definition) is 1. The Balaban J connectivity index is 1.87. The Kier molecular flexibility index (Phi) is 3.17. The molecule has 5 rings (SSSR count). The fourth-order valence-corrected chi connectivity index (χ4v) is 3.55. The summed E-state index contributed by atoms with van der Waals surface area (Å²) < 4.78 is 6.30. The molecule has 0 radical (unpaired) electrons. The van der Waals surface area contributed by atoms with E-state index < -0.39 is 0 Å². The molecule has 0 amide bonds. The molecule has 0 saturated carbocycles. The van der Waals surface area contributed by atoms with E-state index in [1.165, 1.54) is 22.1 Å². The molecule has 0 atom stereocenters. The van der Waals surface area contributed by atoms with E-state index in [1.54, 1.807) is 0 Å². The summed E-state index contributed by atoms with van der Waals surface area (Å²) in [5.74, 6) is 0. The normalized spacial score (nSPS) is 11.2. The van der Waals surface area contributed by atoms with Gasteiger partial charge in [0.15, 0.2) is 0 Å². The average Bonchev–Trinajstić information content (AvgIpc) is 3.08. The zero-order valence-electron chi connectivity index (χ0n) is 13.6. The minimum absolute atomic E-state index is 0.930. The summed E-state index contributed by atoms with van der Waals surface area (Å²) in [6.07, 6.45) is 0.